The van der Waals surface area contributed by atoms with Crippen molar-refractivity contribution in [2.24, 2.45) is 0 Å². The van der Waals surface area contributed by atoms with Crippen molar-refractivity contribution in [2.75, 3.05) is 18.8 Å². The minimum absolute atomic E-state index is 0.113. The van der Waals surface area contributed by atoms with Crippen molar-refractivity contribution in [3.63, 3.8) is 0 Å². The van der Waals surface area contributed by atoms with Gasteiger partial charge in [0, 0.05) is 23.7 Å². The van der Waals surface area contributed by atoms with Crippen LogP contribution in [0.25, 0.3) is 0 Å². The van der Waals surface area contributed by atoms with Gasteiger partial charge >= 0.3 is 0 Å². The zero-order valence-corrected chi connectivity index (χ0v) is 18.3. The van der Waals surface area contributed by atoms with Crippen molar-refractivity contribution in [3.8, 4) is 0 Å². The second-order valence-corrected chi connectivity index (χ2v) is 10.8. The van der Waals surface area contributed by atoms with Crippen molar-refractivity contribution >= 4 is 39.3 Å². The van der Waals surface area contributed by atoms with Gasteiger partial charge in [0.05, 0.1) is 21.5 Å². The maximum Gasteiger partial charge on any atom is 0.253 e. The van der Waals surface area contributed by atoms with Crippen molar-refractivity contribution in [3.05, 3.63) is 58.6 Å². The maximum atomic E-state index is 13.0. The molecule has 1 saturated heterocycles. The van der Waals surface area contributed by atoms with E-state index in [-0.39, 0.29) is 27.4 Å². The molecule has 2 aliphatic rings. The largest absolute Gasteiger partial charge is 0.345 e. The van der Waals surface area contributed by atoms with E-state index in [2.05, 4.69) is 11.4 Å². The fourth-order valence-electron chi connectivity index (χ4n) is 3.82. The van der Waals surface area contributed by atoms with Crippen LogP contribution in [0.15, 0.2) is 52.3 Å². The van der Waals surface area contributed by atoms with E-state index < -0.39 is 10.0 Å². The van der Waals surface area contributed by atoms with E-state index >= 15 is 0 Å². The summed E-state index contributed by atoms with van der Waals surface area (Å²) in [5.41, 5.74) is 1.28. The van der Waals surface area contributed by atoms with Gasteiger partial charge in [0.2, 0.25) is 10.0 Å². The molecule has 2 aromatic carbocycles. The number of hydrogen-bond donors (Lipinski definition) is 1. The fraction of sp³-hybridized carbons (Fsp3) is 0.381. The lowest BCUT2D eigenvalue weighted by atomic mass is 10.0. The molecule has 0 spiro atoms. The fourth-order valence-corrected chi connectivity index (χ4v) is 6.69. The number of carbonyl (C=O) groups is 1. The first-order valence-electron chi connectivity index (χ1n) is 9.79. The summed E-state index contributed by atoms with van der Waals surface area (Å²) in [5, 5.41) is 3.29. The zero-order valence-electron chi connectivity index (χ0n) is 15.9. The number of amides is 1. The summed E-state index contributed by atoms with van der Waals surface area (Å²) in [6.45, 7) is 1.03. The third-order valence-corrected chi connectivity index (χ3v) is 8.75. The average molecular weight is 451 g/mol. The molecule has 0 aromatic heterocycles. The Hall–Kier alpha value is -1.54. The molecule has 1 fully saturated rings. The third kappa shape index (κ3) is 4.33. The molecule has 0 saturated carbocycles. The predicted octanol–water partition coefficient (Wildman–Crippen LogP) is 4.48. The van der Waals surface area contributed by atoms with Gasteiger partial charge in [-0.2, -0.15) is 4.31 Å². The minimum atomic E-state index is -3.63. The van der Waals surface area contributed by atoms with E-state index in [0.29, 0.717) is 13.1 Å². The van der Waals surface area contributed by atoms with Crippen molar-refractivity contribution in [1.82, 2.24) is 9.62 Å². The van der Waals surface area contributed by atoms with Crippen LogP contribution in [-0.2, 0) is 10.0 Å². The van der Waals surface area contributed by atoms with E-state index in [0.717, 1.165) is 41.9 Å². The van der Waals surface area contributed by atoms with Crippen molar-refractivity contribution < 1.29 is 13.2 Å². The summed E-state index contributed by atoms with van der Waals surface area (Å²) in [4.78, 5) is 14.3. The van der Waals surface area contributed by atoms with E-state index in [4.69, 9.17) is 11.6 Å². The van der Waals surface area contributed by atoms with Crippen LogP contribution in [0.1, 0.15) is 47.6 Å². The molecule has 1 N–H and O–H groups in total. The minimum Gasteiger partial charge on any atom is -0.345 e. The molecular formula is C21H23ClN2O3S2. The second kappa shape index (κ2) is 8.68. The van der Waals surface area contributed by atoms with Gasteiger partial charge in [-0.15, -0.1) is 11.8 Å². The Labute approximate surface area is 180 Å². The molecule has 0 unspecified atom stereocenters. The Bertz CT molecular complexity index is 1020. The van der Waals surface area contributed by atoms with E-state index in [1.54, 1.807) is 11.8 Å². The number of hydrogen-bond acceptors (Lipinski definition) is 4. The first-order valence-corrected chi connectivity index (χ1v) is 12.6. The lowest BCUT2D eigenvalue weighted by Gasteiger charge is -2.27. The molecule has 0 aliphatic carbocycles. The number of benzene rings is 2. The van der Waals surface area contributed by atoms with Crippen LogP contribution in [0.2, 0.25) is 5.02 Å². The number of carbonyl (C=O) groups excluding carboxylic acids is 1. The van der Waals surface area contributed by atoms with Gasteiger partial charge in [-0.1, -0.05) is 36.2 Å². The summed E-state index contributed by atoms with van der Waals surface area (Å²) < 4.78 is 27.4. The summed E-state index contributed by atoms with van der Waals surface area (Å²) in [7, 11) is -3.63. The number of piperidine rings is 1. The quantitative estimate of drug-likeness (QED) is 0.745. The highest BCUT2D eigenvalue weighted by Crippen LogP contribution is 2.36. The standard InChI is InChI=1S/C21H23ClN2O3S2/c22-18-9-8-15(29(26,27)24-11-4-1-5-12-24)14-17(18)21(25)23-19-10-13-28-20-7-3-2-6-16(19)20/h2-3,6-9,14,19H,1,4-5,10-13H2,(H,23,25)/t19-/m0/s1. The Morgan fingerprint density at radius 3 is 2.66 bits per heavy atom. The molecule has 2 heterocycles. The lowest BCUT2D eigenvalue weighted by Crippen LogP contribution is -2.36. The molecule has 0 bridgehead atoms. The van der Waals surface area contributed by atoms with Crippen LogP contribution in [0.5, 0.6) is 0 Å². The van der Waals surface area contributed by atoms with Crippen LogP contribution < -0.4 is 5.32 Å². The topological polar surface area (TPSA) is 66.5 Å². The first kappa shape index (κ1) is 20.7. The predicted molar refractivity (Wildman–Crippen MR) is 116 cm³/mol. The number of thioether (sulfide) groups is 1. The molecule has 0 radical (unpaired) electrons. The molecular weight excluding hydrogens is 428 g/mol. The van der Waals surface area contributed by atoms with E-state index in [1.165, 1.54) is 22.5 Å². The summed E-state index contributed by atoms with van der Waals surface area (Å²) in [6, 6.07) is 12.3. The summed E-state index contributed by atoms with van der Waals surface area (Å²) >= 11 is 8.05. The SMILES string of the molecule is O=C(N[C@H]1CCSc2ccccc21)c1cc(S(=O)(=O)N2CCCCC2)ccc1Cl. The molecule has 8 heteroatoms. The zero-order chi connectivity index (χ0) is 20.4. The van der Waals surface area contributed by atoms with E-state index in [1.807, 2.05) is 18.2 Å². The number of nitrogens with one attached hydrogen (secondary N) is 1. The number of halogens is 1. The van der Waals surface area contributed by atoms with Gasteiger partial charge in [0.25, 0.3) is 5.91 Å². The smallest absolute Gasteiger partial charge is 0.253 e. The van der Waals surface area contributed by atoms with Crippen LogP contribution in [0.3, 0.4) is 0 Å². The normalized spacial score (nSPS) is 20.1. The molecule has 2 aromatic rings. The Morgan fingerprint density at radius 1 is 1.10 bits per heavy atom. The van der Waals surface area contributed by atoms with Gasteiger partial charge in [-0.05, 0) is 49.1 Å². The average Bonchev–Trinajstić information content (AvgIpc) is 2.75. The molecule has 1 atom stereocenters. The summed E-state index contributed by atoms with van der Waals surface area (Å²) in [6.07, 6.45) is 3.58. The second-order valence-electron chi connectivity index (χ2n) is 7.31. The Kier molecular flexibility index (Phi) is 6.20. The number of nitrogens with zero attached hydrogens (tertiary/aromatic N) is 1. The van der Waals surface area contributed by atoms with Gasteiger partial charge < -0.3 is 5.32 Å². The Morgan fingerprint density at radius 2 is 1.86 bits per heavy atom. The molecule has 29 heavy (non-hydrogen) atoms. The maximum absolute atomic E-state index is 13.0. The highest BCUT2D eigenvalue weighted by Gasteiger charge is 2.28. The van der Waals surface area contributed by atoms with Crippen molar-refractivity contribution in [1.29, 1.82) is 0 Å². The third-order valence-electron chi connectivity index (χ3n) is 5.40. The molecule has 2 aliphatic heterocycles. The first-order chi connectivity index (χ1) is 14.0. The molecule has 1 amide bonds. The van der Waals surface area contributed by atoms with Gasteiger partial charge in [-0.3, -0.25) is 4.79 Å². The molecule has 5 nitrogen and oxygen atoms in total. The number of fused-ring (bicyclic) bond motifs is 1. The Balaban J connectivity index is 1.59. The van der Waals surface area contributed by atoms with Gasteiger partial charge in [0.1, 0.15) is 0 Å². The van der Waals surface area contributed by atoms with Gasteiger partial charge in [0.15, 0.2) is 0 Å². The highest BCUT2D eigenvalue weighted by atomic mass is 35.5. The van der Waals surface area contributed by atoms with E-state index in [9.17, 15) is 13.2 Å². The van der Waals surface area contributed by atoms with Crippen LogP contribution in [0.4, 0.5) is 0 Å². The summed E-state index contributed by atoms with van der Waals surface area (Å²) in [5.74, 6) is 0.566. The van der Waals surface area contributed by atoms with Crippen molar-refractivity contribution in [2.45, 2.75) is 41.5 Å². The van der Waals surface area contributed by atoms with Gasteiger partial charge in [-0.25, -0.2) is 8.42 Å². The lowest BCUT2D eigenvalue weighted by molar-refractivity contribution is 0.0935. The van der Waals surface area contributed by atoms with Crippen LogP contribution >= 0.6 is 23.4 Å². The van der Waals surface area contributed by atoms with Crippen LogP contribution in [0, 0.1) is 0 Å². The monoisotopic (exact) mass is 450 g/mol. The number of rotatable bonds is 4. The highest BCUT2D eigenvalue weighted by molar-refractivity contribution is 7.99. The number of sulfonamides is 1. The molecule has 154 valence electrons. The van der Waals surface area contributed by atoms with Crippen LogP contribution in [-0.4, -0.2) is 37.5 Å². The molecule has 4 rings (SSSR count).